The van der Waals surface area contributed by atoms with Crippen LogP contribution in [0.2, 0.25) is 0 Å². The zero-order chi connectivity index (χ0) is 24.7. The third-order valence-electron chi connectivity index (χ3n) is 7.42. The van der Waals surface area contributed by atoms with Crippen molar-refractivity contribution in [3.63, 3.8) is 0 Å². The number of hydrogen-bond acceptors (Lipinski definition) is 4. The second-order valence-electron chi connectivity index (χ2n) is 9.61. The van der Waals surface area contributed by atoms with E-state index in [0.717, 1.165) is 0 Å². The number of carbonyl (C=O) groups is 2. The van der Waals surface area contributed by atoms with E-state index in [4.69, 9.17) is 0 Å². The summed E-state index contributed by atoms with van der Waals surface area (Å²) in [6, 6.07) is 18.5. The van der Waals surface area contributed by atoms with Crippen molar-refractivity contribution in [2.45, 2.75) is 32.9 Å². The molecule has 2 saturated heterocycles. The molecule has 2 aromatic carbocycles. The first-order valence-corrected chi connectivity index (χ1v) is 19.9. The topological polar surface area (TPSA) is 64.7 Å². The Morgan fingerprint density at radius 1 is 0.684 bits per heavy atom. The second kappa shape index (κ2) is 15.5. The monoisotopic (exact) mass is 732 g/mol. The van der Waals surface area contributed by atoms with Gasteiger partial charge in [0.05, 0.1) is 0 Å². The predicted octanol–water partition coefficient (Wildman–Crippen LogP) is -2.79. The van der Waals surface area contributed by atoms with Crippen LogP contribution in [0.1, 0.15) is 55.2 Å². The number of carbonyl (C=O) groups excluding carboxylic acids is 2. The Labute approximate surface area is 261 Å². The molecule has 4 aliphatic rings. The summed E-state index contributed by atoms with van der Waals surface area (Å²) in [6.07, 6.45) is 11.9. The van der Waals surface area contributed by atoms with E-state index in [0.29, 0.717) is 20.1 Å². The Morgan fingerprint density at radius 2 is 1.08 bits per heavy atom. The van der Waals surface area contributed by atoms with E-state index < -0.39 is 46.7 Å². The van der Waals surface area contributed by atoms with E-state index in [1.807, 2.05) is 0 Å². The molecule has 0 spiro atoms. The number of amides is 2. The van der Waals surface area contributed by atoms with Gasteiger partial charge in [-0.05, 0) is 0 Å². The first-order chi connectivity index (χ1) is 17.8. The number of nitrogens with zero attached hydrogens (tertiary/aromatic N) is 2. The molecule has 2 unspecified atom stereocenters. The van der Waals surface area contributed by atoms with Crippen LogP contribution < -0.4 is 31.4 Å². The fourth-order valence-corrected chi connectivity index (χ4v) is 10.9. The van der Waals surface area contributed by atoms with Crippen LogP contribution in [0.15, 0.2) is 60.7 Å². The minimum atomic E-state index is -1.35. The molecule has 2 amide bonds. The van der Waals surface area contributed by atoms with Gasteiger partial charge in [0.1, 0.15) is 0 Å². The summed E-state index contributed by atoms with van der Waals surface area (Å²) in [6.45, 7) is 4.96. The van der Waals surface area contributed by atoms with Crippen molar-refractivity contribution in [3.8, 4) is 0 Å². The molecule has 6 rings (SSSR count). The summed E-state index contributed by atoms with van der Waals surface area (Å²) >= 11 is -2.08. The molecule has 2 N–H and O–H groups in total. The van der Waals surface area contributed by atoms with Crippen molar-refractivity contribution < 1.29 is 57.6 Å². The Kier molecular flexibility index (Phi) is 12.8. The molecule has 2 aliphatic heterocycles. The van der Waals surface area contributed by atoms with Gasteiger partial charge in [-0.3, -0.25) is 0 Å². The third-order valence-corrected chi connectivity index (χ3v) is 13.6. The van der Waals surface area contributed by atoms with Crippen molar-refractivity contribution in [1.29, 1.82) is 0 Å². The summed E-state index contributed by atoms with van der Waals surface area (Å²) in [4.78, 5) is 24.2. The van der Waals surface area contributed by atoms with Gasteiger partial charge in [-0.25, -0.2) is 0 Å². The molecule has 0 bridgehead atoms. The number of fused-ring (bicyclic) bond motifs is 2. The van der Waals surface area contributed by atoms with Crippen LogP contribution in [0.4, 0.5) is 0 Å². The third kappa shape index (κ3) is 7.10. The summed E-state index contributed by atoms with van der Waals surface area (Å²) < 4.78 is 6.26. The average Bonchev–Trinajstić information content (AvgIpc) is 3.72. The number of allylic oxidation sites excluding steroid dienone is 2. The molecule has 0 radical (unpaired) electrons. The van der Waals surface area contributed by atoms with Gasteiger partial charge in [0.2, 0.25) is 0 Å². The molecule has 198 valence electrons. The SMILES string of the molecule is C1=C(N2CCCC2)c2ccccc2[CH]1[Zr+2][CH]1C=C(N2CCCC2)c2ccccc21.O=C[NH][InH][NH]C=O.[Cl-].[Cl-]. The summed E-state index contributed by atoms with van der Waals surface area (Å²) in [5.74, 6) is 0. The largest absolute Gasteiger partial charge is 1.00 e. The van der Waals surface area contributed by atoms with E-state index in [1.165, 1.54) is 63.0 Å². The number of benzene rings is 2. The maximum atomic E-state index is 9.47. The normalized spacial score (nSPS) is 20.2. The maximum Gasteiger partial charge on any atom is -1.00 e. The fraction of sp³-hybridized carbons (Fsp3) is 0.357. The van der Waals surface area contributed by atoms with Crippen LogP contribution in [0.25, 0.3) is 11.4 Å². The van der Waals surface area contributed by atoms with E-state index in [-0.39, 0.29) is 24.8 Å². The second-order valence-corrected chi connectivity index (χ2v) is 16.8. The summed E-state index contributed by atoms with van der Waals surface area (Å²) in [7, 11) is 0. The van der Waals surface area contributed by atoms with Crippen molar-refractivity contribution in [3.05, 3.63) is 82.9 Å². The first-order valence-electron chi connectivity index (χ1n) is 13.0. The molecular formula is C28H33Cl2InN4O2Zr. The van der Waals surface area contributed by atoms with E-state index in [2.05, 4.69) is 77.1 Å². The van der Waals surface area contributed by atoms with Crippen LogP contribution >= 0.6 is 0 Å². The maximum absolute atomic E-state index is 9.47. The standard InChI is InChI=1S/2C13H14N.2CH3NO.2ClH.In.Zr.H/c2*1-2-6-12-11(5-1)7-8-13(12)14-9-3-4-10-14;2*2-1-3;;;;;/h2*1-2,5-8H,3-4,9-10H2;2*1H,(H2,2,3);2*1H;;;/q;;;;;;2*+2;/p-4. The van der Waals surface area contributed by atoms with Gasteiger partial charge in [-0.15, -0.1) is 0 Å². The first kappa shape index (κ1) is 31.3. The van der Waals surface area contributed by atoms with Gasteiger partial charge in [0.25, 0.3) is 0 Å². The predicted molar refractivity (Wildman–Crippen MR) is 141 cm³/mol. The van der Waals surface area contributed by atoms with Crippen molar-refractivity contribution >= 4 is 47.7 Å². The molecule has 0 aromatic heterocycles. The molecule has 2 heterocycles. The van der Waals surface area contributed by atoms with E-state index >= 15 is 0 Å². The minimum Gasteiger partial charge on any atom is -1.00 e. The molecular weight excluding hydrogens is 701 g/mol. The number of rotatable bonds is 8. The van der Waals surface area contributed by atoms with Crippen molar-refractivity contribution in [1.82, 2.24) is 16.4 Å². The van der Waals surface area contributed by atoms with Crippen LogP contribution in [0, 0.1) is 0 Å². The van der Waals surface area contributed by atoms with Crippen LogP contribution in [0.3, 0.4) is 0 Å². The molecule has 2 fully saturated rings. The zero-order valence-corrected chi connectivity index (χ0v) is 29.4. The fourth-order valence-electron chi connectivity index (χ4n) is 5.76. The van der Waals surface area contributed by atoms with Gasteiger partial charge in [0.15, 0.2) is 0 Å². The molecule has 2 aliphatic carbocycles. The van der Waals surface area contributed by atoms with Crippen LogP contribution in [0.5, 0.6) is 0 Å². The zero-order valence-electron chi connectivity index (χ0n) is 21.4. The van der Waals surface area contributed by atoms with Crippen LogP contribution in [-0.2, 0) is 32.8 Å². The number of nitrogens with one attached hydrogen (secondary N) is 2. The Balaban J connectivity index is 0.000000397. The summed E-state index contributed by atoms with van der Waals surface area (Å²) in [5, 5.41) is 0. The van der Waals surface area contributed by atoms with Crippen LogP contribution in [-0.4, -0.2) is 72.3 Å². The van der Waals surface area contributed by atoms with Gasteiger partial charge in [0, 0.05) is 0 Å². The van der Waals surface area contributed by atoms with Crippen molar-refractivity contribution in [2.75, 3.05) is 26.2 Å². The quantitative estimate of drug-likeness (QED) is 0.228. The van der Waals surface area contributed by atoms with Gasteiger partial charge in [-0.2, -0.15) is 0 Å². The van der Waals surface area contributed by atoms with Gasteiger partial charge in [-0.1, -0.05) is 0 Å². The van der Waals surface area contributed by atoms with Crippen molar-refractivity contribution in [2.24, 2.45) is 0 Å². The molecule has 0 saturated carbocycles. The molecule has 2 aromatic rings. The summed E-state index contributed by atoms with van der Waals surface area (Å²) in [5.41, 5.74) is 9.35. The Hall–Kier alpha value is -1.21. The van der Waals surface area contributed by atoms with E-state index in [1.54, 1.807) is 22.5 Å². The Morgan fingerprint density at radius 3 is 1.47 bits per heavy atom. The number of likely N-dealkylation sites (tertiary alicyclic amines) is 2. The molecule has 10 heteroatoms. The van der Waals surface area contributed by atoms with Gasteiger partial charge >= 0.3 is 239 Å². The molecule has 6 nitrogen and oxygen atoms in total. The van der Waals surface area contributed by atoms with E-state index in [9.17, 15) is 9.59 Å². The molecule has 2 atom stereocenters. The molecule has 38 heavy (non-hydrogen) atoms. The van der Waals surface area contributed by atoms with Gasteiger partial charge < -0.3 is 24.8 Å². The smallest absolute Gasteiger partial charge is 1.00 e. The number of halogens is 2. The Bertz CT molecular complexity index is 1070. The average molecular weight is 735 g/mol. The minimum absolute atomic E-state index is 0. The number of hydrogen-bond donors (Lipinski definition) is 2.